The van der Waals surface area contributed by atoms with Crippen molar-refractivity contribution in [1.29, 1.82) is 0 Å². The van der Waals surface area contributed by atoms with Crippen LogP contribution in [0.25, 0.3) is 11.4 Å². The Morgan fingerprint density at radius 3 is 2.76 bits per heavy atom. The lowest BCUT2D eigenvalue weighted by Crippen LogP contribution is -2.20. The lowest BCUT2D eigenvalue weighted by molar-refractivity contribution is -0.117. The number of benzene rings is 2. The first-order valence-electron chi connectivity index (χ1n) is 7.54. The molecule has 1 aromatic heterocycles. The molecule has 128 valence electrons. The molecule has 0 atom stereocenters. The molecule has 8 heteroatoms. The fraction of sp³-hybridized carbons (Fsp3) is 0.176. The summed E-state index contributed by atoms with van der Waals surface area (Å²) < 4.78 is 5.18. The Morgan fingerprint density at radius 2 is 2.04 bits per heavy atom. The molecule has 2 aromatic carbocycles. The summed E-state index contributed by atoms with van der Waals surface area (Å²) in [6.07, 6.45) is 2.00. The van der Waals surface area contributed by atoms with Crippen molar-refractivity contribution in [2.24, 2.45) is 0 Å². The van der Waals surface area contributed by atoms with Crippen LogP contribution in [-0.2, 0) is 11.3 Å². The highest BCUT2D eigenvalue weighted by Gasteiger charge is 2.10. The summed E-state index contributed by atoms with van der Waals surface area (Å²) >= 11 is 1.65. The minimum absolute atomic E-state index is 0.0127. The first-order valence-corrected chi connectivity index (χ1v) is 8.76. The summed E-state index contributed by atoms with van der Waals surface area (Å²) in [6.45, 7) is -0.0127. The van der Waals surface area contributed by atoms with Gasteiger partial charge >= 0.3 is 0 Å². The van der Waals surface area contributed by atoms with Crippen molar-refractivity contribution >= 4 is 23.4 Å². The Balaban J connectivity index is 1.64. The minimum atomic E-state index is -0.216. The van der Waals surface area contributed by atoms with E-state index in [0.29, 0.717) is 11.6 Å². The van der Waals surface area contributed by atoms with Gasteiger partial charge in [-0.2, -0.15) is 4.80 Å². The molecule has 3 rings (SSSR count). The predicted molar refractivity (Wildman–Crippen MR) is 96.7 cm³/mol. The van der Waals surface area contributed by atoms with E-state index in [-0.39, 0.29) is 12.5 Å². The SMILES string of the molecule is COc1cccc(-c2nnn(CC(=O)Nc3ccc(SC)cc3)n2)c1. The summed E-state index contributed by atoms with van der Waals surface area (Å²) in [5, 5.41) is 15.0. The van der Waals surface area contributed by atoms with Crippen molar-refractivity contribution in [3.05, 3.63) is 48.5 Å². The molecule has 3 aromatic rings. The number of hydrogen-bond acceptors (Lipinski definition) is 6. The zero-order chi connectivity index (χ0) is 17.6. The average Bonchev–Trinajstić information content (AvgIpc) is 3.10. The fourth-order valence-electron chi connectivity index (χ4n) is 2.19. The molecule has 0 saturated carbocycles. The molecular weight excluding hydrogens is 338 g/mol. The molecular formula is C17H17N5O2S. The molecule has 0 saturated heterocycles. The number of hydrogen-bond donors (Lipinski definition) is 1. The summed E-state index contributed by atoms with van der Waals surface area (Å²) in [7, 11) is 1.60. The molecule has 25 heavy (non-hydrogen) atoms. The number of nitrogens with zero attached hydrogens (tertiary/aromatic N) is 4. The van der Waals surface area contributed by atoms with Crippen molar-refractivity contribution in [2.45, 2.75) is 11.4 Å². The van der Waals surface area contributed by atoms with Crippen molar-refractivity contribution < 1.29 is 9.53 Å². The minimum Gasteiger partial charge on any atom is -0.497 e. The van der Waals surface area contributed by atoms with Crippen molar-refractivity contribution in [2.75, 3.05) is 18.7 Å². The molecule has 0 aliphatic rings. The van der Waals surface area contributed by atoms with Gasteiger partial charge in [0.05, 0.1) is 7.11 Å². The third-order valence-corrected chi connectivity index (χ3v) is 4.18. The van der Waals surface area contributed by atoms with Crippen LogP contribution in [-0.4, -0.2) is 39.5 Å². The molecule has 0 aliphatic carbocycles. The second-order valence-corrected chi connectivity index (χ2v) is 6.03. The number of carbonyl (C=O) groups excluding carboxylic acids is 1. The number of nitrogens with one attached hydrogen (secondary N) is 1. The molecule has 0 aliphatic heterocycles. The average molecular weight is 355 g/mol. The van der Waals surface area contributed by atoms with E-state index in [1.165, 1.54) is 4.80 Å². The number of methoxy groups -OCH3 is 1. The Bertz CT molecular complexity index is 863. The Kier molecular flexibility index (Phi) is 5.30. The maximum atomic E-state index is 12.1. The van der Waals surface area contributed by atoms with Crippen LogP contribution >= 0.6 is 11.8 Å². The van der Waals surface area contributed by atoms with E-state index in [2.05, 4.69) is 20.7 Å². The van der Waals surface area contributed by atoms with Crippen molar-refractivity contribution in [1.82, 2.24) is 20.2 Å². The van der Waals surface area contributed by atoms with Gasteiger partial charge in [0.15, 0.2) is 0 Å². The van der Waals surface area contributed by atoms with Crippen LogP contribution in [0, 0.1) is 0 Å². The van der Waals surface area contributed by atoms with E-state index in [1.807, 2.05) is 54.8 Å². The number of anilines is 1. The molecule has 1 N–H and O–H groups in total. The lowest BCUT2D eigenvalue weighted by Gasteiger charge is -2.05. The zero-order valence-corrected chi connectivity index (χ0v) is 14.7. The second-order valence-electron chi connectivity index (χ2n) is 5.15. The Hall–Kier alpha value is -2.87. The quantitative estimate of drug-likeness (QED) is 0.685. The Morgan fingerprint density at radius 1 is 1.24 bits per heavy atom. The third kappa shape index (κ3) is 4.36. The summed E-state index contributed by atoms with van der Waals surface area (Å²) in [6, 6.07) is 15.0. The van der Waals surface area contributed by atoms with E-state index in [9.17, 15) is 4.79 Å². The van der Waals surface area contributed by atoms with Gasteiger partial charge in [0.1, 0.15) is 12.3 Å². The first-order chi connectivity index (χ1) is 12.2. The van der Waals surface area contributed by atoms with Gasteiger partial charge in [-0.05, 0) is 47.9 Å². The standard InChI is InChI=1S/C17H17N5O2S/c1-24-14-5-3-4-12(10-14)17-19-21-22(20-17)11-16(23)18-13-6-8-15(25-2)9-7-13/h3-10H,11H2,1-2H3,(H,18,23). The van der Waals surface area contributed by atoms with Crippen LogP contribution in [0.4, 0.5) is 5.69 Å². The number of tetrazole rings is 1. The normalized spacial score (nSPS) is 10.5. The molecule has 0 unspecified atom stereocenters. The van der Waals surface area contributed by atoms with Gasteiger partial charge in [-0.1, -0.05) is 12.1 Å². The number of ether oxygens (including phenoxy) is 1. The highest BCUT2D eigenvalue weighted by Crippen LogP contribution is 2.20. The van der Waals surface area contributed by atoms with E-state index in [0.717, 1.165) is 16.1 Å². The van der Waals surface area contributed by atoms with Gasteiger partial charge in [0, 0.05) is 16.1 Å². The van der Waals surface area contributed by atoms with E-state index >= 15 is 0 Å². The van der Waals surface area contributed by atoms with Gasteiger partial charge < -0.3 is 10.1 Å². The molecule has 7 nitrogen and oxygen atoms in total. The van der Waals surface area contributed by atoms with Gasteiger partial charge in [-0.3, -0.25) is 4.79 Å². The lowest BCUT2D eigenvalue weighted by atomic mass is 10.2. The molecule has 1 heterocycles. The van der Waals surface area contributed by atoms with Gasteiger partial charge in [0.25, 0.3) is 0 Å². The summed E-state index contributed by atoms with van der Waals surface area (Å²) in [5.74, 6) is 0.933. The maximum Gasteiger partial charge on any atom is 0.248 e. The maximum absolute atomic E-state index is 12.1. The zero-order valence-electron chi connectivity index (χ0n) is 13.8. The number of amides is 1. The van der Waals surface area contributed by atoms with Crippen LogP contribution in [0.15, 0.2) is 53.4 Å². The topological polar surface area (TPSA) is 81.9 Å². The smallest absolute Gasteiger partial charge is 0.248 e. The van der Waals surface area contributed by atoms with Gasteiger partial charge in [0.2, 0.25) is 11.7 Å². The van der Waals surface area contributed by atoms with E-state index in [1.54, 1.807) is 18.9 Å². The van der Waals surface area contributed by atoms with Crippen molar-refractivity contribution in [3.63, 3.8) is 0 Å². The van der Waals surface area contributed by atoms with Crippen LogP contribution < -0.4 is 10.1 Å². The third-order valence-electron chi connectivity index (χ3n) is 3.44. The summed E-state index contributed by atoms with van der Waals surface area (Å²) in [4.78, 5) is 14.5. The largest absolute Gasteiger partial charge is 0.497 e. The van der Waals surface area contributed by atoms with E-state index in [4.69, 9.17) is 4.74 Å². The van der Waals surface area contributed by atoms with Crippen molar-refractivity contribution in [3.8, 4) is 17.1 Å². The second kappa shape index (κ2) is 7.80. The highest BCUT2D eigenvalue weighted by atomic mass is 32.2. The van der Waals surface area contributed by atoms with Gasteiger partial charge in [-0.15, -0.1) is 22.0 Å². The van der Waals surface area contributed by atoms with Crippen LogP contribution in [0.5, 0.6) is 5.75 Å². The molecule has 0 bridgehead atoms. The highest BCUT2D eigenvalue weighted by molar-refractivity contribution is 7.98. The van der Waals surface area contributed by atoms with Crippen LogP contribution in [0.3, 0.4) is 0 Å². The van der Waals surface area contributed by atoms with Crippen LogP contribution in [0.1, 0.15) is 0 Å². The monoisotopic (exact) mass is 355 g/mol. The Labute approximate surface area is 149 Å². The van der Waals surface area contributed by atoms with Crippen LogP contribution in [0.2, 0.25) is 0 Å². The molecule has 1 amide bonds. The number of carbonyl (C=O) groups is 1. The number of aromatic nitrogens is 4. The predicted octanol–water partition coefficient (Wildman–Crippen LogP) is 2.71. The van der Waals surface area contributed by atoms with Gasteiger partial charge in [-0.25, -0.2) is 0 Å². The van der Waals surface area contributed by atoms with E-state index < -0.39 is 0 Å². The molecule has 0 radical (unpaired) electrons. The number of rotatable bonds is 6. The molecule has 0 spiro atoms. The fourth-order valence-corrected chi connectivity index (χ4v) is 2.60. The number of thioether (sulfide) groups is 1. The summed E-state index contributed by atoms with van der Waals surface area (Å²) in [5.41, 5.74) is 1.51. The molecule has 0 fully saturated rings. The first kappa shape index (κ1) is 17.0.